The first-order chi connectivity index (χ1) is 10.4. The highest BCUT2D eigenvalue weighted by Crippen LogP contribution is 2.25. The summed E-state index contributed by atoms with van der Waals surface area (Å²) >= 11 is 8.64. The number of nitrogens with one attached hydrogen (secondary N) is 1. The number of hydrogen-bond acceptors (Lipinski definition) is 3. The molecule has 2 aromatic rings. The summed E-state index contributed by atoms with van der Waals surface area (Å²) < 4.78 is 2.01. The Morgan fingerprint density at radius 1 is 1.32 bits per heavy atom. The van der Waals surface area contributed by atoms with E-state index in [0.29, 0.717) is 0 Å². The highest BCUT2D eigenvalue weighted by molar-refractivity contribution is 9.11. The van der Waals surface area contributed by atoms with Crippen molar-refractivity contribution in [3.8, 4) is 0 Å². The van der Waals surface area contributed by atoms with Crippen molar-refractivity contribution in [2.45, 2.75) is 26.4 Å². The van der Waals surface area contributed by atoms with Crippen LogP contribution in [0.1, 0.15) is 17.4 Å². The maximum atomic E-state index is 12.4. The number of nitrogens with zero attached hydrogens (tertiary/aromatic N) is 1. The third-order valence-electron chi connectivity index (χ3n) is 3.46. The topological polar surface area (TPSA) is 32.3 Å². The van der Waals surface area contributed by atoms with E-state index < -0.39 is 0 Å². The van der Waals surface area contributed by atoms with Crippen molar-refractivity contribution in [1.29, 1.82) is 0 Å². The van der Waals surface area contributed by atoms with E-state index in [9.17, 15) is 4.79 Å². The van der Waals surface area contributed by atoms with E-state index in [4.69, 9.17) is 0 Å². The predicted octanol–water partition coefficient (Wildman–Crippen LogP) is 5.04. The number of likely N-dealkylation sites (N-methyl/N-ethyl adjacent to an activating group) is 1. The van der Waals surface area contributed by atoms with Gasteiger partial charge in [0.15, 0.2) is 0 Å². The molecule has 0 radical (unpaired) electrons. The number of halogens is 2. The van der Waals surface area contributed by atoms with E-state index in [2.05, 4.69) is 43.2 Å². The molecule has 6 heteroatoms. The Hall–Kier alpha value is -0.690. The van der Waals surface area contributed by atoms with E-state index in [1.807, 2.05) is 50.1 Å². The summed E-state index contributed by atoms with van der Waals surface area (Å²) in [5.41, 5.74) is 1.95. The first-order valence-corrected chi connectivity index (χ1v) is 9.28. The second-order valence-electron chi connectivity index (χ2n) is 5.27. The van der Waals surface area contributed by atoms with Crippen molar-refractivity contribution in [2.75, 3.05) is 12.4 Å². The SMILES string of the molecule is Cc1ccc(NC(=O)C(C)N(C)Cc2ccc(Br)s2)c(Br)c1. The van der Waals surface area contributed by atoms with Gasteiger partial charge in [-0.3, -0.25) is 9.69 Å². The maximum Gasteiger partial charge on any atom is 0.241 e. The summed E-state index contributed by atoms with van der Waals surface area (Å²) in [6, 6.07) is 9.79. The van der Waals surface area contributed by atoms with Gasteiger partial charge in [-0.15, -0.1) is 11.3 Å². The number of amides is 1. The Labute approximate surface area is 152 Å². The largest absolute Gasteiger partial charge is 0.324 e. The zero-order chi connectivity index (χ0) is 16.3. The number of hydrogen-bond donors (Lipinski definition) is 1. The normalized spacial score (nSPS) is 12.5. The van der Waals surface area contributed by atoms with Gasteiger partial charge in [0.2, 0.25) is 5.91 Å². The molecular weight excluding hydrogens is 428 g/mol. The number of carbonyl (C=O) groups excluding carboxylic acids is 1. The van der Waals surface area contributed by atoms with Crippen LogP contribution in [0.15, 0.2) is 38.6 Å². The van der Waals surface area contributed by atoms with E-state index in [-0.39, 0.29) is 11.9 Å². The fourth-order valence-electron chi connectivity index (χ4n) is 1.98. The molecule has 1 amide bonds. The Kier molecular flexibility index (Phi) is 6.20. The highest BCUT2D eigenvalue weighted by atomic mass is 79.9. The molecule has 0 fully saturated rings. The van der Waals surface area contributed by atoms with Crippen LogP contribution in [0.25, 0.3) is 0 Å². The van der Waals surface area contributed by atoms with Crippen LogP contribution in [0, 0.1) is 6.92 Å². The molecule has 0 spiro atoms. The summed E-state index contributed by atoms with van der Waals surface area (Å²) in [6.07, 6.45) is 0. The molecule has 2 rings (SSSR count). The average Bonchev–Trinajstić information content (AvgIpc) is 2.86. The molecule has 0 saturated carbocycles. The molecule has 1 aromatic carbocycles. The van der Waals surface area contributed by atoms with Crippen molar-refractivity contribution in [2.24, 2.45) is 0 Å². The molecule has 0 bridgehead atoms. The fourth-order valence-corrected chi connectivity index (χ4v) is 4.12. The highest BCUT2D eigenvalue weighted by Gasteiger charge is 2.19. The van der Waals surface area contributed by atoms with Gasteiger partial charge < -0.3 is 5.32 Å². The Morgan fingerprint density at radius 2 is 2.05 bits per heavy atom. The van der Waals surface area contributed by atoms with Gasteiger partial charge in [0.25, 0.3) is 0 Å². The fraction of sp³-hybridized carbons (Fsp3) is 0.312. The third kappa shape index (κ3) is 4.65. The minimum absolute atomic E-state index is 0.0114. The number of thiophene rings is 1. The summed E-state index contributed by atoms with van der Waals surface area (Å²) in [5.74, 6) is -0.0114. The Bertz CT molecular complexity index is 672. The number of carbonyl (C=O) groups is 1. The minimum Gasteiger partial charge on any atom is -0.324 e. The quantitative estimate of drug-likeness (QED) is 0.698. The molecule has 1 unspecified atom stereocenters. The van der Waals surface area contributed by atoms with Crippen LogP contribution < -0.4 is 5.32 Å². The molecule has 118 valence electrons. The van der Waals surface area contributed by atoms with Crippen LogP contribution in [0.5, 0.6) is 0 Å². The predicted molar refractivity (Wildman–Crippen MR) is 100 cm³/mol. The van der Waals surface area contributed by atoms with Gasteiger partial charge in [-0.25, -0.2) is 0 Å². The first kappa shape index (κ1) is 17.7. The van der Waals surface area contributed by atoms with Gasteiger partial charge in [-0.2, -0.15) is 0 Å². The summed E-state index contributed by atoms with van der Waals surface area (Å²) in [5, 5.41) is 2.98. The van der Waals surface area contributed by atoms with Crippen LogP contribution in [-0.2, 0) is 11.3 Å². The van der Waals surface area contributed by atoms with Gasteiger partial charge >= 0.3 is 0 Å². The third-order valence-corrected chi connectivity index (χ3v) is 5.72. The van der Waals surface area contributed by atoms with Crippen LogP contribution in [0.4, 0.5) is 5.69 Å². The lowest BCUT2D eigenvalue weighted by atomic mass is 10.2. The second kappa shape index (κ2) is 7.73. The van der Waals surface area contributed by atoms with Crippen LogP contribution in [0.2, 0.25) is 0 Å². The lowest BCUT2D eigenvalue weighted by Gasteiger charge is -2.23. The number of aryl methyl sites for hydroxylation is 1. The van der Waals surface area contributed by atoms with Gasteiger partial charge in [0, 0.05) is 15.9 Å². The molecule has 0 aliphatic carbocycles. The van der Waals surface area contributed by atoms with Gasteiger partial charge in [-0.05, 0) is 82.6 Å². The smallest absolute Gasteiger partial charge is 0.241 e. The molecular formula is C16H18Br2N2OS. The van der Waals surface area contributed by atoms with Gasteiger partial charge in [0.1, 0.15) is 0 Å². The molecule has 22 heavy (non-hydrogen) atoms. The van der Waals surface area contributed by atoms with Gasteiger partial charge in [0.05, 0.1) is 15.5 Å². The summed E-state index contributed by atoms with van der Waals surface area (Å²) in [4.78, 5) is 15.7. The lowest BCUT2D eigenvalue weighted by molar-refractivity contribution is -0.120. The molecule has 3 nitrogen and oxygen atoms in total. The van der Waals surface area contributed by atoms with Crippen LogP contribution >= 0.6 is 43.2 Å². The Morgan fingerprint density at radius 3 is 2.64 bits per heavy atom. The number of anilines is 1. The van der Waals surface area contributed by atoms with E-state index >= 15 is 0 Å². The van der Waals surface area contributed by atoms with Crippen LogP contribution in [0.3, 0.4) is 0 Å². The number of rotatable bonds is 5. The van der Waals surface area contributed by atoms with E-state index in [1.54, 1.807) is 11.3 Å². The monoisotopic (exact) mass is 444 g/mol. The van der Waals surface area contributed by atoms with E-state index in [0.717, 1.165) is 26.1 Å². The molecule has 1 heterocycles. The molecule has 1 aromatic heterocycles. The van der Waals surface area contributed by atoms with Crippen LogP contribution in [-0.4, -0.2) is 23.9 Å². The molecule has 1 N–H and O–H groups in total. The second-order valence-corrected chi connectivity index (χ2v) is 8.67. The molecule has 0 aliphatic rings. The first-order valence-electron chi connectivity index (χ1n) is 6.88. The summed E-state index contributed by atoms with van der Waals surface area (Å²) in [7, 11) is 1.96. The number of benzene rings is 1. The molecule has 0 saturated heterocycles. The average molecular weight is 446 g/mol. The van der Waals surface area contributed by atoms with Crippen molar-refractivity contribution < 1.29 is 4.79 Å². The van der Waals surface area contributed by atoms with E-state index in [1.165, 1.54) is 4.88 Å². The van der Waals surface area contributed by atoms with Crippen molar-refractivity contribution in [3.05, 3.63) is 49.0 Å². The zero-order valence-corrected chi connectivity index (χ0v) is 16.7. The van der Waals surface area contributed by atoms with Crippen molar-refractivity contribution in [3.63, 3.8) is 0 Å². The zero-order valence-electron chi connectivity index (χ0n) is 12.7. The van der Waals surface area contributed by atoms with Crippen molar-refractivity contribution >= 4 is 54.8 Å². The minimum atomic E-state index is -0.214. The van der Waals surface area contributed by atoms with Crippen molar-refractivity contribution in [1.82, 2.24) is 4.90 Å². The maximum absolute atomic E-state index is 12.4. The summed E-state index contributed by atoms with van der Waals surface area (Å²) in [6.45, 7) is 4.69. The van der Waals surface area contributed by atoms with Gasteiger partial charge in [-0.1, -0.05) is 6.07 Å². The lowest BCUT2D eigenvalue weighted by Crippen LogP contribution is -2.39. The standard InChI is InChI=1S/C16H18Br2N2OS/c1-10-4-6-14(13(17)8-10)19-16(21)11(2)20(3)9-12-5-7-15(18)22-12/h4-8,11H,9H2,1-3H3,(H,19,21). The Balaban J connectivity index is 1.98. The molecule has 0 aliphatic heterocycles. The molecule has 1 atom stereocenters.